The summed E-state index contributed by atoms with van der Waals surface area (Å²) in [6.45, 7) is 8.63. The molecule has 1 aliphatic rings. The van der Waals surface area contributed by atoms with E-state index in [1.54, 1.807) is 48.8 Å². The largest absolute Gasteiger partial charge is 0.450 e. The maximum Gasteiger partial charge on any atom is 0.409 e. The molecule has 0 radical (unpaired) electrons. The molecule has 7 nitrogen and oxygen atoms in total. The minimum Gasteiger partial charge on any atom is -0.450 e. The van der Waals surface area contributed by atoms with Crippen molar-refractivity contribution in [2.75, 3.05) is 38.1 Å². The van der Waals surface area contributed by atoms with Crippen molar-refractivity contribution in [2.24, 2.45) is 5.41 Å². The summed E-state index contributed by atoms with van der Waals surface area (Å²) in [7, 11) is 0. The molecule has 2 rings (SSSR count). The van der Waals surface area contributed by atoms with Crippen molar-refractivity contribution >= 4 is 35.2 Å². The molecule has 1 aromatic rings. The van der Waals surface area contributed by atoms with Crippen molar-refractivity contribution in [3.8, 4) is 0 Å². The number of piperazine rings is 1. The Morgan fingerprint density at radius 2 is 1.74 bits per heavy atom. The van der Waals surface area contributed by atoms with E-state index in [2.05, 4.69) is 5.32 Å². The third-order valence-corrected chi connectivity index (χ3v) is 5.03. The highest BCUT2D eigenvalue weighted by Crippen LogP contribution is 2.25. The van der Waals surface area contributed by atoms with Crippen LogP contribution in [0.4, 0.5) is 10.5 Å². The third-order valence-electron chi connectivity index (χ3n) is 4.62. The first-order valence-corrected chi connectivity index (χ1v) is 9.33. The Bertz CT molecular complexity index is 728. The summed E-state index contributed by atoms with van der Waals surface area (Å²) in [5.74, 6) is -0.679. The number of carbonyl (C=O) groups is 3. The van der Waals surface area contributed by atoms with E-state index < -0.39 is 11.3 Å². The maximum atomic E-state index is 12.9. The summed E-state index contributed by atoms with van der Waals surface area (Å²) in [5.41, 5.74) is 0.205. The highest BCUT2D eigenvalue weighted by molar-refractivity contribution is 6.31. The molecule has 0 spiro atoms. The van der Waals surface area contributed by atoms with Gasteiger partial charge in [-0.05, 0) is 45.4 Å². The van der Waals surface area contributed by atoms with E-state index in [0.717, 1.165) is 5.56 Å². The van der Waals surface area contributed by atoms with Crippen molar-refractivity contribution in [1.29, 1.82) is 0 Å². The first kappa shape index (κ1) is 21.0. The molecule has 148 valence electrons. The van der Waals surface area contributed by atoms with Gasteiger partial charge in [0.2, 0.25) is 11.8 Å². The van der Waals surface area contributed by atoms with Crippen molar-refractivity contribution in [3.63, 3.8) is 0 Å². The molecule has 0 unspecified atom stereocenters. The number of nitrogens with zero attached hydrogens (tertiary/aromatic N) is 2. The molecule has 1 fully saturated rings. The molecule has 1 N–H and O–H groups in total. The van der Waals surface area contributed by atoms with Crippen LogP contribution in [-0.2, 0) is 14.3 Å². The average molecular weight is 396 g/mol. The Balaban J connectivity index is 1.98. The number of rotatable bonds is 4. The monoisotopic (exact) mass is 395 g/mol. The van der Waals surface area contributed by atoms with E-state index in [9.17, 15) is 14.4 Å². The second-order valence-electron chi connectivity index (χ2n) is 7.02. The number of halogens is 1. The fourth-order valence-electron chi connectivity index (χ4n) is 2.76. The van der Waals surface area contributed by atoms with E-state index in [0.29, 0.717) is 43.5 Å². The smallest absolute Gasteiger partial charge is 0.409 e. The summed E-state index contributed by atoms with van der Waals surface area (Å²) < 4.78 is 4.98. The van der Waals surface area contributed by atoms with Gasteiger partial charge < -0.3 is 19.9 Å². The zero-order valence-electron chi connectivity index (χ0n) is 16.2. The summed E-state index contributed by atoms with van der Waals surface area (Å²) in [5, 5.41) is 3.31. The van der Waals surface area contributed by atoms with Gasteiger partial charge in [-0.25, -0.2) is 4.79 Å². The zero-order valence-corrected chi connectivity index (χ0v) is 16.9. The van der Waals surface area contributed by atoms with E-state index >= 15 is 0 Å². The van der Waals surface area contributed by atoms with Crippen molar-refractivity contribution in [1.82, 2.24) is 9.80 Å². The SMILES string of the molecule is CCOC(=O)N1CCN(C(=O)C(C)(C)C(=O)Nc2ccc(C)c(Cl)c2)CC1. The van der Waals surface area contributed by atoms with E-state index in [1.165, 1.54) is 0 Å². The van der Waals surface area contributed by atoms with Crippen LogP contribution in [0.1, 0.15) is 26.3 Å². The Morgan fingerprint density at radius 1 is 1.15 bits per heavy atom. The molecular formula is C19H26ClN3O4. The fraction of sp³-hybridized carbons (Fsp3) is 0.526. The minimum absolute atomic E-state index is 0.276. The molecule has 1 saturated heterocycles. The predicted molar refractivity (Wildman–Crippen MR) is 104 cm³/mol. The van der Waals surface area contributed by atoms with Gasteiger partial charge >= 0.3 is 6.09 Å². The molecule has 0 saturated carbocycles. The lowest BCUT2D eigenvalue weighted by Gasteiger charge is -2.37. The van der Waals surface area contributed by atoms with Crippen molar-refractivity contribution in [2.45, 2.75) is 27.7 Å². The first-order chi connectivity index (χ1) is 12.7. The Morgan fingerprint density at radius 3 is 2.30 bits per heavy atom. The summed E-state index contributed by atoms with van der Waals surface area (Å²) in [4.78, 5) is 40.5. The Labute approximate surface area is 164 Å². The van der Waals surface area contributed by atoms with Crippen LogP contribution in [0.2, 0.25) is 5.02 Å². The van der Waals surface area contributed by atoms with Gasteiger partial charge in [-0.15, -0.1) is 0 Å². The van der Waals surface area contributed by atoms with Gasteiger partial charge in [0.25, 0.3) is 0 Å². The van der Waals surface area contributed by atoms with Crippen molar-refractivity contribution in [3.05, 3.63) is 28.8 Å². The summed E-state index contributed by atoms with van der Waals surface area (Å²) in [6.07, 6.45) is -0.377. The molecule has 0 aromatic heterocycles. The number of carbonyl (C=O) groups excluding carboxylic acids is 3. The van der Waals surface area contributed by atoms with Gasteiger partial charge in [0.05, 0.1) is 6.61 Å². The zero-order chi connectivity index (χ0) is 20.2. The molecular weight excluding hydrogens is 370 g/mol. The van der Waals surface area contributed by atoms with Gasteiger partial charge in [-0.2, -0.15) is 0 Å². The van der Waals surface area contributed by atoms with Gasteiger partial charge in [0.15, 0.2) is 0 Å². The number of nitrogens with one attached hydrogen (secondary N) is 1. The average Bonchev–Trinajstić information content (AvgIpc) is 2.64. The van der Waals surface area contributed by atoms with E-state index in [-0.39, 0.29) is 12.0 Å². The second-order valence-corrected chi connectivity index (χ2v) is 7.43. The van der Waals surface area contributed by atoms with Crippen LogP contribution < -0.4 is 5.32 Å². The first-order valence-electron chi connectivity index (χ1n) is 8.95. The molecule has 1 aromatic carbocycles. The number of aryl methyl sites for hydroxylation is 1. The minimum atomic E-state index is -1.25. The fourth-order valence-corrected chi connectivity index (χ4v) is 2.94. The Kier molecular flexibility index (Phi) is 6.70. The highest BCUT2D eigenvalue weighted by atomic mass is 35.5. The molecule has 1 heterocycles. The molecule has 8 heteroatoms. The number of hydrogen-bond donors (Lipinski definition) is 1. The predicted octanol–water partition coefficient (Wildman–Crippen LogP) is 2.91. The number of ether oxygens (including phenoxy) is 1. The molecule has 27 heavy (non-hydrogen) atoms. The van der Waals surface area contributed by atoms with Crippen LogP contribution in [0.5, 0.6) is 0 Å². The molecule has 0 atom stereocenters. The van der Waals surface area contributed by atoms with Crippen LogP contribution >= 0.6 is 11.6 Å². The number of anilines is 1. The van der Waals surface area contributed by atoms with Crippen LogP contribution in [0.25, 0.3) is 0 Å². The number of benzene rings is 1. The Hall–Kier alpha value is -2.28. The lowest BCUT2D eigenvalue weighted by atomic mass is 9.89. The van der Waals surface area contributed by atoms with Gasteiger partial charge in [0, 0.05) is 36.9 Å². The standard InChI is InChI=1S/C19H26ClN3O4/c1-5-27-18(26)23-10-8-22(9-11-23)17(25)19(3,4)16(24)21-14-7-6-13(2)15(20)12-14/h6-7,12H,5,8-11H2,1-4H3,(H,21,24). The second kappa shape index (κ2) is 8.61. The van der Waals surface area contributed by atoms with E-state index in [1.807, 2.05) is 6.92 Å². The van der Waals surface area contributed by atoms with E-state index in [4.69, 9.17) is 16.3 Å². The van der Waals surface area contributed by atoms with Gasteiger partial charge in [-0.3, -0.25) is 9.59 Å². The van der Waals surface area contributed by atoms with Crippen molar-refractivity contribution < 1.29 is 19.1 Å². The van der Waals surface area contributed by atoms with Crippen LogP contribution in [-0.4, -0.2) is 60.5 Å². The normalized spacial score (nSPS) is 14.7. The molecule has 0 aliphatic carbocycles. The van der Waals surface area contributed by atoms with Gasteiger partial charge in [-0.1, -0.05) is 17.7 Å². The summed E-state index contributed by atoms with van der Waals surface area (Å²) >= 11 is 6.09. The number of amides is 3. The number of hydrogen-bond acceptors (Lipinski definition) is 4. The topological polar surface area (TPSA) is 79.0 Å². The molecule has 0 bridgehead atoms. The van der Waals surface area contributed by atoms with Gasteiger partial charge in [0.1, 0.15) is 5.41 Å². The molecule has 3 amide bonds. The summed E-state index contributed by atoms with van der Waals surface area (Å²) in [6, 6.07) is 5.21. The van der Waals surface area contributed by atoms with Crippen LogP contribution in [0.3, 0.4) is 0 Å². The molecule has 1 aliphatic heterocycles. The third kappa shape index (κ3) is 4.91. The highest BCUT2D eigenvalue weighted by Gasteiger charge is 2.40. The lowest BCUT2D eigenvalue weighted by Crippen LogP contribution is -2.55. The maximum absolute atomic E-state index is 12.9. The van der Waals surface area contributed by atoms with Crippen LogP contribution in [0.15, 0.2) is 18.2 Å². The van der Waals surface area contributed by atoms with Crippen LogP contribution in [0, 0.1) is 12.3 Å². The lowest BCUT2D eigenvalue weighted by molar-refractivity contribution is -0.147. The quantitative estimate of drug-likeness (QED) is 0.795.